The number of thiocarbonyl (C=S) groups is 1. The smallest absolute Gasteiger partial charge is 0.170 e. The number of halogens is 1. The second-order valence-corrected chi connectivity index (χ2v) is 5.45. The van der Waals surface area contributed by atoms with Gasteiger partial charge in [0.15, 0.2) is 5.11 Å². The van der Waals surface area contributed by atoms with Gasteiger partial charge in [-0.25, -0.2) is 0 Å². The van der Waals surface area contributed by atoms with Crippen LogP contribution in [-0.4, -0.2) is 11.7 Å². The minimum absolute atomic E-state index is 0.654. The van der Waals surface area contributed by atoms with E-state index in [1.165, 1.54) is 5.56 Å². The van der Waals surface area contributed by atoms with Crippen LogP contribution < -0.4 is 10.6 Å². The molecule has 0 amide bonds. The molecule has 0 aliphatic carbocycles. The lowest BCUT2D eigenvalue weighted by Crippen LogP contribution is -2.30. The fourth-order valence-corrected chi connectivity index (χ4v) is 2.38. The van der Waals surface area contributed by atoms with Crippen LogP contribution in [0.15, 0.2) is 59.1 Å². The first-order valence-corrected chi connectivity index (χ1v) is 7.28. The summed E-state index contributed by atoms with van der Waals surface area (Å²) in [5, 5.41) is 7.01. The number of nitrogens with one attached hydrogen (secondary N) is 2. The van der Waals surface area contributed by atoms with Gasteiger partial charge >= 0.3 is 0 Å². The molecule has 0 fully saturated rings. The van der Waals surface area contributed by atoms with Gasteiger partial charge in [0.05, 0.1) is 0 Å². The molecule has 2 nitrogen and oxygen atoms in total. The first-order valence-electron chi connectivity index (χ1n) is 6.08. The Bertz CT molecular complexity index is 543. The van der Waals surface area contributed by atoms with Gasteiger partial charge in [-0.15, -0.1) is 0 Å². The van der Waals surface area contributed by atoms with Crippen LogP contribution in [0.2, 0.25) is 0 Å². The third kappa shape index (κ3) is 5.01. The second kappa shape index (κ2) is 7.26. The van der Waals surface area contributed by atoms with Gasteiger partial charge < -0.3 is 10.6 Å². The van der Waals surface area contributed by atoms with Crippen molar-refractivity contribution in [3.8, 4) is 0 Å². The summed E-state index contributed by atoms with van der Waals surface area (Å²) < 4.78 is 1.11. The van der Waals surface area contributed by atoms with Gasteiger partial charge in [0.2, 0.25) is 0 Å². The molecule has 0 saturated heterocycles. The van der Waals surface area contributed by atoms with Crippen molar-refractivity contribution in [1.82, 2.24) is 5.32 Å². The quantitative estimate of drug-likeness (QED) is 0.827. The third-order valence-electron chi connectivity index (χ3n) is 2.62. The normalized spacial score (nSPS) is 9.95. The standard InChI is InChI=1S/C15H15BrN2S/c16-13-6-4-5-12(11-13)9-10-17-15(19)18-14-7-2-1-3-8-14/h1-8,11H,9-10H2,(H2,17,18,19). The number of hydrogen-bond donors (Lipinski definition) is 2. The van der Waals surface area contributed by atoms with E-state index in [9.17, 15) is 0 Å². The maximum atomic E-state index is 5.25. The van der Waals surface area contributed by atoms with Crippen molar-refractivity contribution in [2.24, 2.45) is 0 Å². The Labute approximate surface area is 127 Å². The second-order valence-electron chi connectivity index (χ2n) is 4.13. The molecule has 0 spiro atoms. The van der Waals surface area contributed by atoms with Crippen molar-refractivity contribution in [2.45, 2.75) is 6.42 Å². The molecule has 2 N–H and O–H groups in total. The SMILES string of the molecule is S=C(NCCc1cccc(Br)c1)Nc1ccccc1. The molecule has 0 aliphatic rings. The molecule has 0 atom stereocenters. The predicted molar refractivity (Wildman–Crippen MR) is 88.5 cm³/mol. The maximum Gasteiger partial charge on any atom is 0.170 e. The van der Waals surface area contributed by atoms with E-state index in [1.807, 2.05) is 42.5 Å². The fourth-order valence-electron chi connectivity index (χ4n) is 1.71. The fraction of sp³-hybridized carbons (Fsp3) is 0.133. The molecule has 0 unspecified atom stereocenters. The van der Waals surface area contributed by atoms with Gasteiger partial charge in [0, 0.05) is 16.7 Å². The Morgan fingerprint density at radius 3 is 2.58 bits per heavy atom. The predicted octanol–water partition coefficient (Wildman–Crippen LogP) is 3.98. The summed E-state index contributed by atoms with van der Waals surface area (Å²) in [4.78, 5) is 0. The molecule has 4 heteroatoms. The molecule has 0 bridgehead atoms. The molecule has 0 saturated carbocycles. The van der Waals surface area contributed by atoms with E-state index in [0.717, 1.165) is 23.1 Å². The Kier molecular flexibility index (Phi) is 5.36. The van der Waals surface area contributed by atoms with Crippen LogP contribution in [0.5, 0.6) is 0 Å². The monoisotopic (exact) mass is 334 g/mol. The van der Waals surface area contributed by atoms with Gasteiger partial charge in [-0.1, -0.05) is 46.3 Å². The minimum atomic E-state index is 0.654. The summed E-state index contributed by atoms with van der Waals surface area (Å²) in [6.07, 6.45) is 0.941. The highest BCUT2D eigenvalue weighted by Gasteiger charge is 1.98. The van der Waals surface area contributed by atoms with Crippen molar-refractivity contribution < 1.29 is 0 Å². The zero-order chi connectivity index (χ0) is 13.5. The van der Waals surface area contributed by atoms with Crippen molar-refractivity contribution in [3.05, 3.63) is 64.6 Å². The van der Waals surface area contributed by atoms with E-state index in [-0.39, 0.29) is 0 Å². The highest BCUT2D eigenvalue weighted by Crippen LogP contribution is 2.11. The van der Waals surface area contributed by atoms with Crippen LogP contribution in [0, 0.1) is 0 Å². The minimum Gasteiger partial charge on any atom is -0.362 e. The molecular formula is C15H15BrN2S. The molecule has 0 aromatic heterocycles. The zero-order valence-corrected chi connectivity index (χ0v) is 12.8. The lowest BCUT2D eigenvalue weighted by Gasteiger charge is -2.10. The maximum absolute atomic E-state index is 5.25. The van der Waals surface area contributed by atoms with Crippen molar-refractivity contribution in [3.63, 3.8) is 0 Å². The molecule has 0 radical (unpaired) electrons. The first kappa shape index (κ1) is 14.0. The van der Waals surface area contributed by atoms with Crippen LogP contribution in [0.4, 0.5) is 5.69 Å². The van der Waals surface area contributed by atoms with E-state index in [2.05, 4.69) is 38.7 Å². The van der Waals surface area contributed by atoms with E-state index in [0.29, 0.717) is 5.11 Å². The molecule has 19 heavy (non-hydrogen) atoms. The van der Waals surface area contributed by atoms with E-state index < -0.39 is 0 Å². The Balaban J connectivity index is 1.75. The average Bonchev–Trinajstić information content (AvgIpc) is 2.40. The summed E-state index contributed by atoms with van der Waals surface area (Å²) in [5.41, 5.74) is 2.28. The molecular weight excluding hydrogens is 320 g/mol. The van der Waals surface area contributed by atoms with Crippen LogP contribution in [0.25, 0.3) is 0 Å². The lowest BCUT2D eigenvalue weighted by atomic mass is 10.1. The number of rotatable bonds is 4. The average molecular weight is 335 g/mol. The van der Waals surface area contributed by atoms with Crippen molar-refractivity contribution >= 4 is 38.9 Å². The molecule has 2 aromatic carbocycles. The van der Waals surface area contributed by atoms with Gasteiger partial charge in [0.1, 0.15) is 0 Å². The summed E-state index contributed by atoms with van der Waals surface area (Å²) in [7, 11) is 0. The summed E-state index contributed by atoms with van der Waals surface area (Å²) >= 11 is 8.71. The summed E-state index contributed by atoms with van der Waals surface area (Å²) in [5.74, 6) is 0. The van der Waals surface area contributed by atoms with Gasteiger partial charge in [0.25, 0.3) is 0 Å². The van der Waals surface area contributed by atoms with Crippen LogP contribution >= 0.6 is 28.1 Å². The number of hydrogen-bond acceptors (Lipinski definition) is 1. The van der Waals surface area contributed by atoms with Gasteiger partial charge in [-0.05, 0) is 48.5 Å². The van der Waals surface area contributed by atoms with E-state index >= 15 is 0 Å². The highest BCUT2D eigenvalue weighted by atomic mass is 79.9. The van der Waals surface area contributed by atoms with E-state index in [4.69, 9.17) is 12.2 Å². The third-order valence-corrected chi connectivity index (χ3v) is 3.36. The molecule has 2 aromatic rings. The number of benzene rings is 2. The lowest BCUT2D eigenvalue weighted by molar-refractivity contribution is 0.873. The number of para-hydroxylation sites is 1. The van der Waals surface area contributed by atoms with E-state index in [1.54, 1.807) is 0 Å². The number of anilines is 1. The molecule has 98 valence electrons. The molecule has 0 heterocycles. The largest absolute Gasteiger partial charge is 0.362 e. The van der Waals surface area contributed by atoms with Crippen molar-refractivity contribution in [1.29, 1.82) is 0 Å². The summed E-state index contributed by atoms with van der Waals surface area (Å²) in [6, 6.07) is 18.2. The van der Waals surface area contributed by atoms with Crippen LogP contribution in [-0.2, 0) is 6.42 Å². The highest BCUT2D eigenvalue weighted by molar-refractivity contribution is 9.10. The molecule has 0 aliphatic heterocycles. The first-order chi connectivity index (χ1) is 9.24. The zero-order valence-electron chi connectivity index (χ0n) is 10.4. The van der Waals surface area contributed by atoms with Crippen molar-refractivity contribution in [2.75, 3.05) is 11.9 Å². The summed E-state index contributed by atoms with van der Waals surface area (Å²) in [6.45, 7) is 0.815. The van der Waals surface area contributed by atoms with Gasteiger partial charge in [-0.2, -0.15) is 0 Å². The molecule has 2 rings (SSSR count). The van der Waals surface area contributed by atoms with Crippen LogP contribution in [0.3, 0.4) is 0 Å². The van der Waals surface area contributed by atoms with Gasteiger partial charge in [-0.3, -0.25) is 0 Å². The Morgan fingerprint density at radius 2 is 1.84 bits per heavy atom. The Hall–Kier alpha value is -1.39. The Morgan fingerprint density at radius 1 is 1.05 bits per heavy atom. The van der Waals surface area contributed by atoms with Crippen LogP contribution in [0.1, 0.15) is 5.56 Å². The topological polar surface area (TPSA) is 24.1 Å².